The molecule has 0 N–H and O–H groups in total. The second-order valence-corrected chi connectivity index (χ2v) is 8.40. The van der Waals surface area contributed by atoms with E-state index in [9.17, 15) is 4.79 Å². The Bertz CT molecular complexity index is 819. The van der Waals surface area contributed by atoms with Crippen LogP contribution in [0.25, 0.3) is 17.2 Å². The first-order valence-corrected chi connectivity index (χ1v) is 10.0. The van der Waals surface area contributed by atoms with Crippen molar-refractivity contribution < 1.29 is 18.7 Å². The van der Waals surface area contributed by atoms with Crippen LogP contribution in [-0.2, 0) is 9.47 Å². The normalized spacial score (nSPS) is 15.7. The third-order valence-corrected chi connectivity index (χ3v) is 5.14. The van der Waals surface area contributed by atoms with Crippen molar-refractivity contribution in [3.8, 4) is 11.1 Å². The molecular formula is C24H30O4. The molecule has 1 fully saturated rings. The number of carbonyl (C=O) groups excluding carboxylic acids is 1. The highest BCUT2D eigenvalue weighted by molar-refractivity contribution is 5.93. The second kappa shape index (κ2) is 8.68. The monoisotopic (exact) mass is 382 g/mol. The number of rotatable bonds is 5. The van der Waals surface area contributed by atoms with E-state index in [2.05, 4.69) is 0 Å². The first-order chi connectivity index (χ1) is 13.4. The number of furan rings is 1. The van der Waals surface area contributed by atoms with E-state index < -0.39 is 0 Å². The van der Waals surface area contributed by atoms with Crippen LogP contribution in [0.15, 0.2) is 41.4 Å². The molecule has 1 aliphatic carbocycles. The van der Waals surface area contributed by atoms with E-state index in [-0.39, 0.29) is 11.6 Å². The maximum absolute atomic E-state index is 12.3. The molecule has 0 amide bonds. The summed E-state index contributed by atoms with van der Waals surface area (Å²) in [5.74, 6) is 0.112. The summed E-state index contributed by atoms with van der Waals surface area (Å²) in [6.07, 6.45) is 13.1. The molecule has 0 aliphatic heterocycles. The Kier molecular flexibility index (Phi) is 6.28. The summed E-state index contributed by atoms with van der Waals surface area (Å²) < 4.78 is 16.2. The summed E-state index contributed by atoms with van der Waals surface area (Å²) in [5.41, 5.74) is 4.56. The zero-order chi connectivity index (χ0) is 20.1. The summed E-state index contributed by atoms with van der Waals surface area (Å²) in [4.78, 5) is 12.3. The van der Waals surface area contributed by atoms with Gasteiger partial charge in [-0.2, -0.15) is 0 Å². The number of carbonyl (C=O) groups is 1. The molecule has 1 aliphatic rings. The molecule has 0 spiro atoms. The topological polar surface area (TPSA) is 48.7 Å². The molecule has 1 aromatic carbocycles. The average Bonchev–Trinajstić information content (AvgIpc) is 3.20. The number of esters is 1. The molecule has 0 radical (unpaired) electrons. The van der Waals surface area contributed by atoms with Crippen LogP contribution in [0.2, 0.25) is 0 Å². The van der Waals surface area contributed by atoms with Gasteiger partial charge in [-0.25, -0.2) is 4.79 Å². The molecule has 4 nitrogen and oxygen atoms in total. The van der Waals surface area contributed by atoms with Crippen molar-refractivity contribution in [3.05, 3.63) is 53.7 Å². The fraction of sp³-hybridized carbons (Fsp3) is 0.458. The van der Waals surface area contributed by atoms with Crippen LogP contribution in [0.3, 0.4) is 0 Å². The Balaban J connectivity index is 2.14. The maximum Gasteiger partial charge on any atom is 0.337 e. The molecular weight excluding hydrogens is 352 g/mol. The lowest BCUT2D eigenvalue weighted by Gasteiger charge is -2.26. The highest BCUT2D eigenvalue weighted by Gasteiger charge is 2.24. The number of benzene rings is 1. The molecule has 28 heavy (non-hydrogen) atoms. The van der Waals surface area contributed by atoms with Crippen molar-refractivity contribution >= 4 is 12.0 Å². The fourth-order valence-corrected chi connectivity index (χ4v) is 3.84. The van der Waals surface area contributed by atoms with Crippen molar-refractivity contribution in [1.82, 2.24) is 0 Å². The third kappa shape index (κ3) is 4.86. The van der Waals surface area contributed by atoms with Gasteiger partial charge in [-0.3, -0.25) is 0 Å². The van der Waals surface area contributed by atoms with E-state index in [0.717, 1.165) is 29.5 Å². The van der Waals surface area contributed by atoms with Gasteiger partial charge in [0.25, 0.3) is 0 Å². The van der Waals surface area contributed by atoms with Gasteiger partial charge in [0, 0.05) is 5.56 Å². The van der Waals surface area contributed by atoms with Crippen LogP contribution < -0.4 is 0 Å². The fourth-order valence-electron chi connectivity index (χ4n) is 3.84. The predicted molar refractivity (Wildman–Crippen MR) is 111 cm³/mol. The SMILES string of the molecule is COC(=O)c1cc(C=COC(C)(C)C)c(-c2ccoc2)c(C2CCCCC2)c1. The van der Waals surface area contributed by atoms with Crippen LogP contribution in [-0.4, -0.2) is 18.7 Å². The minimum absolute atomic E-state index is 0.279. The molecule has 3 rings (SSSR count). The third-order valence-electron chi connectivity index (χ3n) is 5.14. The zero-order valence-corrected chi connectivity index (χ0v) is 17.3. The molecule has 150 valence electrons. The van der Waals surface area contributed by atoms with Gasteiger partial charge in [0.05, 0.1) is 37.1 Å². The molecule has 0 unspecified atom stereocenters. The molecule has 0 bridgehead atoms. The van der Waals surface area contributed by atoms with Crippen LogP contribution >= 0.6 is 0 Å². The lowest BCUT2D eigenvalue weighted by molar-refractivity contribution is 0.0600. The van der Waals surface area contributed by atoms with Crippen molar-refractivity contribution in [2.75, 3.05) is 7.11 Å². The van der Waals surface area contributed by atoms with E-state index in [0.29, 0.717) is 11.5 Å². The molecule has 1 saturated carbocycles. The molecule has 1 heterocycles. The van der Waals surface area contributed by atoms with Crippen molar-refractivity contribution in [2.45, 2.75) is 64.4 Å². The highest BCUT2D eigenvalue weighted by atomic mass is 16.5. The van der Waals surface area contributed by atoms with Gasteiger partial charge >= 0.3 is 5.97 Å². The van der Waals surface area contributed by atoms with Crippen molar-refractivity contribution in [3.63, 3.8) is 0 Å². The maximum atomic E-state index is 12.3. The van der Waals surface area contributed by atoms with E-state index in [4.69, 9.17) is 13.9 Å². The van der Waals surface area contributed by atoms with E-state index in [1.54, 1.807) is 18.8 Å². The Hall–Kier alpha value is -2.49. The Labute approximate surface area is 167 Å². The molecule has 0 atom stereocenters. The van der Waals surface area contributed by atoms with E-state index >= 15 is 0 Å². The largest absolute Gasteiger partial charge is 0.496 e. The molecule has 0 saturated heterocycles. The number of ether oxygens (including phenoxy) is 2. The van der Waals surface area contributed by atoms with Gasteiger partial charge in [0.1, 0.15) is 0 Å². The highest BCUT2D eigenvalue weighted by Crippen LogP contribution is 2.41. The second-order valence-electron chi connectivity index (χ2n) is 8.40. The minimum atomic E-state index is -0.317. The first-order valence-electron chi connectivity index (χ1n) is 10.0. The van der Waals surface area contributed by atoms with Crippen LogP contribution in [0.1, 0.15) is 80.3 Å². The molecule has 4 heteroatoms. The summed E-state index contributed by atoms with van der Waals surface area (Å²) in [6, 6.07) is 5.86. The Morgan fingerprint density at radius 3 is 2.54 bits per heavy atom. The predicted octanol–water partition coefficient (Wildman–Crippen LogP) is 6.57. The molecule has 1 aromatic heterocycles. The number of hydrogen-bond donors (Lipinski definition) is 0. The van der Waals surface area contributed by atoms with E-state index in [1.807, 2.05) is 45.0 Å². The van der Waals surface area contributed by atoms with Crippen LogP contribution in [0, 0.1) is 0 Å². The standard InChI is InChI=1S/C24H30O4/c1-24(2,3)28-13-11-18-14-20(23(25)26-4)15-21(17-8-6-5-7-9-17)22(18)19-10-12-27-16-19/h10-17H,5-9H2,1-4H3. The Morgan fingerprint density at radius 2 is 1.93 bits per heavy atom. The summed E-state index contributed by atoms with van der Waals surface area (Å²) in [5, 5.41) is 0. The van der Waals surface area contributed by atoms with Gasteiger partial charge < -0.3 is 13.9 Å². The molecule has 2 aromatic rings. The van der Waals surface area contributed by atoms with Gasteiger partial charge in [0.15, 0.2) is 0 Å². The quantitative estimate of drug-likeness (QED) is 0.433. The lowest BCUT2D eigenvalue weighted by atomic mass is 9.79. The number of hydrogen-bond acceptors (Lipinski definition) is 4. The van der Waals surface area contributed by atoms with Gasteiger partial charge in [-0.1, -0.05) is 19.3 Å². The summed E-state index contributed by atoms with van der Waals surface area (Å²) in [7, 11) is 1.42. The average molecular weight is 383 g/mol. The Morgan fingerprint density at radius 1 is 1.18 bits per heavy atom. The summed E-state index contributed by atoms with van der Waals surface area (Å²) in [6.45, 7) is 6.02. The van der Waals surface area contributed by atoms with Gasteiger partial charge in [-0.15, -0.1) is 0 Å². The van der Waals surface area contributed by atoms with Gasteiger partial charge in [-0.05, 0) is 80.5 Å². The van der Waals surface area contributed by atoms with Crippen molar-refractivity contribution in [1.29, 1.82) is 0 Å². The smallest absolute Gasteiger partial charge is 0.337 e. The van der Waals surface area contributed by atoms with Crippen LogP contribution in [0.4, 0.5) is 0 Å². The lowest BCUT2D eigenvalue weighted by Crippen LogP contribution is -2.15. The number of methoxy groups -OCH3 is 1. The summed E-state index contributed by atoms with van der Waals surface area (Å²) >= 11 is 0. The zero-order valence-electron chi connectivity index (χ0n) is 17.3. The van der Waals surface area contributed by atoms with E-state index in [1.165, 1.54) is 31.9 Å². The van der Waals surface area contributed by atoms with Crippen molar-refractivity contribution in [2.24, 2.45) is 0 Å². The van der Waals surface area contributed by atoms with Gasteiger partial charge in [0.2, 0.25) is 0 Å². The minimum Gasteiger partial charge on any atom is -0.496 e. The first kappa shape index (κ1) is 20.2. The van der Waals surface area contributed by atoms with Crippen LogP contribution in [0.5, 0.6) is 0 Å².